The molecule has 1 fully saturated rings. The van der Waals surface area contributed by atoms with Gasteiger partial charge in [0.25, 0.3) is 0 Å². The Morgan fingerprint density at radius 1 is 1.38 bits per heavy atom. The van der Waals surface area contributed by atoms with E-state index in [4.69, 9.17) is 4.52 Å². The third kappa shape index (κ3) is 3.57. The Morgan fingerprint density at radius 3 is 2.88 bits per heavy atom. The molecule has 16 heavy (non-hydrogen) atoms. The van der Waals surface area contributed by atoms with E-state index in [-0.39, 0.29) is 0 Å². The predicted octanol–water partition coefficient (Wildman–Crippen LogP) is 0.954. The van der Waals surface area contributed by atoms with Crippen molar-refractivity contribution in [3.8, 4) is 0 Å². The molecule has 0 unspecified atom stereocenters. The lowest BCUT2D eigenvalue weighted by Gasteiger charge is -2.13. The fraction of sp³-hybridized carbons (Fsp3) is 0.818. The second kappa shape index (κ2) is 5.96. The Morgan fingerprint density at radius 2 is 2.19 bits per heavy atom. The second-order valence-electron chi connectivity index (χ2n) is 4.31. The molecular formula is C11H20N4O. The van der Waals surface area contributed by atoms with Crippen LogP contribution in [0.4, 0.5) is 0 Å². The first-order valence-electron chi connectivity index (χ1n) is 6.07. The van der Waals surface area contributed by atoms with Gasteiger partial charge in [-0.15, -0.1) is 0 Å². The van der Waals surface area contributed by atoms with Gasteiger partial charge in [0.1, 0.15) is 0 Å². The smallest absolute Gasteiger partial charge is 0.223 e. The van der Waals surface area contributed by atoms with Crippen molar-refractivity contribution >= 4 is 0 Å². The summed E-state index contributed by atoms with van der Waals surface area (Å²) < 4.78 is 4.89. The summed E-state index contributed by atoms with van der Waals surface area (Å²) in [6.07, 6.45) is 3.93. The van der Waals surface area contributed by atoms with Crippen LogP contribution in [0, 0.1) is 6.92 Å². The molecule has 1 N–H and O–H groups in total. The van der Waals surface area contributed by atoms with Crippen LogP contribution >= 0.6 is 0 Å². The number of hydrogen-bond donors (Lipinski definition) is 1. The number of nitrogens with one attached hydrogen (secondary N) is 1. The van der Waals surface area contributed by atoms with Gasteiger partial charge in [-0.25, -0.2) is 0 Å². The molecule has 5 nitrogen and oxygen atoms in total. The van der Waals surface area contributed by atoms with E-state index in [1.165, 1.54) is 38.9 Å². The van der Waals surface area contributed by atoms with E-state index in [1.807, 2.05) is 6.92 Å². The molecule has 0 saturated carbocycles. The van der Waals surface area contributed by atoms with Crippen molar-refractivity contribution < 1.29 is 4.52 Å². The molecule has 1 aliphatic heterocycles. The van der Waals surface area contributed by atoms with E-state index in [0.29, 0.717) is 12.4 Å². The number of hydrogen-bond acceptors (Lipinski definition) is 5. The molecule has 1 aliphatic rings. The van der Waals surface area contributed by atoms with Gasteiger partial charge >= 0.3 is 0 Å². The first-order valence-corrected chi connectivity index (χ1v) is 6.07. The molecule has 1 saturated heterocycles. The molecule has 0 spiro atoms. The van der Waals surface area contributed by atoms with Crippen LogP contribution in [0.2, 0.25) is 0 Å². The molecule has 2 rings (SSSR count). The Kier molecular flexibility index (Phi) is 4.30. The molecule has 90 valence electrons. The van der Waals surface area contributed by atoms with Gasteiger partial charge in [-0.05, 0) is 45.4 Å². The highest BCUT2D eigenvalue weighted by Crippen LogP contribution is 2.06. The van der Waals surface area contributed by atoms with Gasteiger partial charge in [0.05, 0.1) is 6.54 Å². The normalized spacial score (nSPS) is 17.1. The number of aryl methyl sites for hydroxylation is 1. The van der Waals surface area contributed by atoms with Crippen LogP contribution in [0.1, 0.15) is 31.0 Å². The lowest BCUT2D eigenvalue weighted by atomic mass is 10.4. The van der Waals surface area contributed by atoms with E-state index in [9.17, 15) is 0 Å². The minimum Gasteiger partial charge on any atom is -0.340 e. The van der Waals surface area contributed by atoms with Crippen LogP contribution in [0.15, 0.2) is 4.52 Å². The minimum absolute atomic E-state index is 0.633. The van der Waals surface area contributed by atoms with Gasteiger partial charge in [0.15, 0.2) is 5.82 Å². The average molecular weight is 224 g/mol. The fourth-order valence-electron chi connectivity index (χ4n) is 2.05. The standard InChI is InChI=1S/C11H20N4O/c1-10-13-11(14-16-10)9-12-5-4-8-15-6-2-3-7-15/h12H,2-9H2,1H3. The van der Waals surface area contributed by atoms with Crippen molar-refractivity contribution in [2.24, 2.45) is 0 Å². The highest BCUT2D eigenvalue weighted by Gasteiger charge is 2.10. The molecule has 5 heteroatoms. The average Bonchev–Trinajstić information content (AvgIpc) is 2.89. The summed E-state index contributed by atoms with van der Waals surface area (Å²) in [5, 5.41) is 7.16. The molecule has 1 aromatic heterocycles. The third-order valence-electron chi connectivity index (χ3n) is 2.88. The van der Waals surface area contributed by atoms with E-state index in [2.05, 4.69) is 20.4 Å². The topological polar surface area (TPSA) is 54.2 Å². The second-order valence-corrected chi connectivity index (χ2v) is 4.31. The van der Waals surface area contributed by atoms with Crippen LogP contribution in [0.25, 0.3) is 0 Å². The maximum absolute atomic E-state index is 4.89. The van der Waals surface area contributed by atoms with Crippen LogP contribution < -0.4 is 5.32 Å². The molecule has 0 amide bonds. The molecule has 0 atom stereocenters. The molecule has 1 aromatic rings. The van der Waals surface area contributed by atoms with Crippen LogP contribution in [0.3, 0.4) is 0 Å². The van der Waals surface area contributed by atoms with E-state index in [1.54, 1.807) is 0 Å². The maximum Gasteiger partial charge on any atom is 0.223 e. The van der Waals surface area contributed by atoms with E-state index in [0.717, 1.165) is 12.4 Å². The summed E-state index contributed by atoms with van der Waals surface area (Å²) in [4.78, 5) is 6.66. The molecule has 2 heterocycles. The van der Waals surface area contributed by atoms with Crippen molar-refractivity contribution in [3.05, 3.63) is 11.7 Å². The molecule has 0 bridgehead atoms. The van der Waals surface area contributed by atoms with Gasteiger partial charge in [-0.3, -0.25) is 0 Å². The van der Waals surface area contributed by atoms with Crippen molar-refractivity contribution in [1.82, 2.24) is 20.4 Å². The van der Waals surface area contributed by atoms with Crippen LogP contribution in [0.5, 0.6) is 0 Å². The van der Waals surface area contributed by atoms with E-state index >= 15 is 0 Å². The summed E-state index contributed by atoms with van der Waals surface area (Å²) in [6, 6.07) is 0. The summed E-state index contributed by atoms with van der Waals surface area (Å²) in [5.41, 5.74) is 0. The molecule has 0 aliphatic carbocycles. The maximum atomic E-state index is 4.89. The number of nitrogens with zero attached hydrogens (tertiary/aromatic N) is 3. The Hall–Kier alpha value is -0.940. The summed E-state index contributed by atoms with van der Waals surface area (Å²) in [6.45, 7) is 7.30. The van der Waals surface area contributed by atoms with Crippen molar-refractivity contribution in [2.75, 3.05) is 26.2 Å². The van der Waals surface area contributed by atoms with Crippen molar-refractivity contribution in [1.29, 1.82) is 0 Å². The molecular weight excluding hydrogens is 204 g/mol. The molecule has 0 aromatic carbocycles. The summed E-state index contributed by atoms with van der Waals surface area (Å²) in [7, 11) is 0. The lowest BCUT2D eigenvalue weighted by molar-refractivity contribution is 0.330. The van der Waals surface area contributed by atoms with Crippen LogP contribution in [-0.4, -0.2) is 41.2 Å². The zero-order chi connectivity index (χ0) is 11.2. The Bertz CT molecular complexity index is 307. The Labute approximate surface area is 96.2 Å². The zero-order valence-electron chi connectivity index (χ0n) is 9.91. The van der Waals surface area contributed by atoms with Gasteiger partial charge in [0.2, 0.25) is 5.89 Å². The number of likely N-dealkylation sites (tertiary alicyclic amines) is 1. The predicted molar refractivity (Wildman–Crippen MR) is 61.0 cm³/mol. The van der Waals surface area contributed by atoms with Gasteiger partial charge in [0, 0.05) is 6.92 Å². The largest absolute Gasteiger partial charge is 0.340 e. The SMILES string of the molecule is Cc1nc(CNCCCN2CCCC2)no1. The zero-order valence-corrected chi connectivity index (χ0v) is 9.91. The summed E-state index contributed by atoms with van der Waals surface area (Å²) in [5.74, 6) is 1.38. The first kappa shape index (κ1) is 11.5. The van der Waals surface area contributed by atoms with Crippen molar-refractivity contribution in [3.63, 3.8) is 0 Å². The molecule has 0 radical (unpaired) electrons. The van der Waals surface area contributed by atoms with Gasteiger partial charge in [-0.2, -0.15) is 4.98 Å². The van der Waals surface area contributed by atoms with Gasteiger partial charge in [-0.1, -0.05) is 5.16 Å². The number of aromatic nitrogens is 2. The fourth-order valence-corrected chi connectivity index (χ4v) is 2.05. The summed E-state index contributed by atoms with van der Waals surface area (Å²) >= 11 is 0. The quantitative estimate of drug-likeness (QED) is 0.729. The van der Waals surface area contributed by atoms with E-state index < -0.39 is 0 Å². The highest BCUT2D eigenvalue weighted by atomic mass is 16.5. The lowest BCUT2D eigenvalue weighted by Crippen LogP contribution is -2.24. The van der Waals surface area contributed by atoms with Crippen molar-refractivity contribution in [2.45, 2.75) is 32.7 Å². The third-order valence-corrected chi connectivity index (χ3v) is 2.88. The number of rotatable bonds is 6. The van der Waals surface area contributed by atoms with Crippen LogP contribution in [-0.2, 0) is 6.54 Å². The Balaban J connectivity index is 1.51. The van der Waals surface area contributed by atoms with Gasteiger partial charge < -0.3 is 14.7 Å². The highest BCUT2D eigenvalue weighted by molar-refractivity contribution is 4.82. The minimum atomic E-state index is 0.633. The monoisotopic (exact) mass is 224 g/mol. The first-order chi connectivity index (χ1) is 7.84.